The van der Waals surface area contributed by atoms with E-state index in [1.54, 1.807) is 0 Å². The zero-order chi connectivity index (χ0) is 14.1. The summed E-state index contributed by atoms with van der Waals surface area (Å²) >= 11 is 11.0. The molecule has 0 saturated heterocycles. The Morgan fingerprint density at radius 3 is 2.70 bits per heavy atom. The molecule has 0 spiro atoms. The van der Waals surface area contributed by atoms with Crippen LogP contribution in [0.2, 0.25) is 5.02 Å². The highest BCUT2D eigenvalue weighted by Gasteiger charge is 2.17. The van der Waals surface area contributed by atoms with Gasteiger partial charge in [-0.15, -0.1) is 0 Å². The Morgan fingerprint density at radius 1 is 1.25 bits per heavy atom. The van der Waals surface area contributed by atoms with E-state index in [1.807, 2.05) is 24.3 Å². The van der Waals surface area contributed by atoms with Crippen molar-refractivity contribution < 1.29 is 0 Å². The van der Waals surface area contributed by atoms with Crippen molar-refractivity contribution >= 4 is 40.3 Å². The average molecular weight is 304 g/mol. The normalized spacial score (nSPS) is 13.1. The van der Waals surface area contributed by atoms with Gasteiger partial charge < -0.3 is 11.1 Å². The molecule has 102 valence electrons. The Hall–Kier alpha value is -1.65. The lowest BCUT2D eigenvalue weighted by Crippen LogP contribution is -2.14. The van der Waals surface area contributed by atoms with Gasteiger partial charge in [0.2, 0.25) is 0 Å². The van der Waals surface area contributed by atoms with Crippen LogP contribution in [0.3, 0.4) is 0 Å². The fraction of sp³-hybridized carbons (Fsp3) is 0.200. The summed E-state index contributed by atoms with van der Waals surface area (Å²) < 4.78 is 0. The maximum Gasteiger partial charge on any atom is 0.140 e. The predicted molar refractivity (Wildman–Crippen MR) is 86.9 cm³/mol. The van der Waals surface area contributed by atoms with Gasteiger partial charge in [-0.2, -0.15) is 0 Å². The van der Waals surface area contributed by atoms with E-state index in [9.17, 15) is 0 Å². The maximum atomic E-state index is 5.89. The minimum absolute atomic E-state index is 0.365. The van der Waals surface area contributed by atoms with E-state index in [0.29, 0.717) is 10.0 Å². The van der Waals surface area contributed by atoms with Crippen molar-refractivity contribution in [1.82, 2.24) is 4.98 Å². The molecule has 2 aromatic rings. The van der Waals surface area contributed by atoms with Gasteiger partial charge in [-0.25, -0.2) is 4.98 Å². The minimum Gasteiger partial charge on any atom is -0.389 e. The largest absolute Gasteiger partial charge is 0.389 e. The van der Waals surface area contributed by atoms with Gasteiger partial charge in [0.05, 0.1) is 5.56 Å². The molecule has 3 nitrogen and oxygen atoms in total. The maximum absolute atomic E-state index is 5.89. The number of hydrogen-bond donors (Lipinski definition) is 2. The second-order valence-electron chi connectivity index (χ2n) is 4.84. The number of nitrogens with two attached hydrogens (primary N) is 1. The van der Waals surface area contributed by atoms with Gasteiger partial charge >= 0.3 is 0 Å². The summed E-state index contributed by atoms with van der Waals surface area (Å²) in [6.07, 6.45) is 3.21. The fourth-order valence-electron chi connectivity index (χ4n) is 2.43. The summed E-state index contributed by atoms with van der Waals surface area (Å²) in [4.78, 5) is 5.05. The van der Waals surface area contributed by atoms with Crippen LogP contribution in [-0.4, -0.2) is 9.97 Å². The number of thiocarbonyl (C=S) groups is 1. The standard InChI is InChI=1S/C15H14ClN3S/c16-10-4-6-11(7-5-10)18-15-12(14(17)20)8-9-2-1-3-13(9)19-15/h4-8H,1-3H2,(H2,17,20)(H,18,19). The van der Waals surface area contributed by atoms with Crippen LogP contribution in [0.25, 0.3) is 0 Å². The number of rotatable bonds is 3. The van der Waals surface area contributed by atoms with Crippen LogP contribution in [0, 0.1) is 0 Å². The number of fused-ring (bicyclic) bond motifs is 1. The molecule has 1 aromatic heterocycles. The van der Waals surface area contributed by atoms with E-state index in [1.165, 1.54) is 5.56 Å². The van der Waals surface area contributed by atoms with Crippen molar-refractivity contribution in [1.29, 1.82) is 0 Å². The second kappa shape index (κ2) is 5.38. The van der Waals surface area contributed by atoms with Crippen molar-refractivity contribution in [2.45, 2.75) is 19.3 Å². The van der Waals surface area contributed by atoms with Crippen molar-refractivity contribution in [3.63, 3.8) is 0 Å². The van der Waals surface area contributed by atoms with Crippen molar-refractivity contribution in [3.8, 4) is 0 Å². The third kappa shape index (κ3) is 2.62. The van der Waals surface area contributed by atoms with E-state index in [0.717, 1.165) is 42.0 Å². The quantitative estimate of drug-likeness (QED) is 0.851. The Labute approximate surface area is 128 Å². The Balaban J connectivity index is 1.99. The van der Waals surface area contributed by atoms with Gasteiger partial charge in [-0.05, 0) is 55.2 Å². The van der Waals surface area contributed by atoms with Crippen LogP contribution in [0.1, 0.15) is 23.2 Å². The first-order valence-corrected chi connectivity index (χ1v) is 7.27. The van der Waals surface area contributed by atoms with E-state index in [2.05, 4.69) is 16.4 Å². The highest BCUT2D eigenvalue weighted by molar-refractivity contribution is 7.80. The Kier molecular flexibility index (Phi) is 3.59. The molecule has 0 amide bonds. The molecular formula is C15H14ClN3S. The summed E-state index contributed by atoms with van der Waals surface area (Å²) in [5, 5.41) is 3.97. The molecule has 5 heteroatoms. The molecule has 3 N–H and O–H groups in total. The molecular weight excluding hydrogens is 290 g/mol. The Bertz CT molecular complexity index is 668. The zero-order valence-electron chi connectivity index (χ0n) is 10.8. The molecule has 0 fully saturated rings. The smallest absolute Gasteiger partial charge is 0.140 e. The van der Waals surface area contributed by atoms with Crippen molar-refractivity contribution in [2.24, 2.45) is 5.73 Å². The van der Waals surface area contributed by atoms with E-state index in [-0.39, 0.29) is 0 Å². The van der Waals surface area contributed by atoms with Crippen LogP contribution >= 0.6 is 23.8 Å². The van der Waals surface area contributed by atoms with Crippen LogP contribution in [0.4, 0.5) is 11.5 Å². The summed E-state index contributed by atoms with van der Waals surface area (Å²) in [5.74, 6) is 0.723. The molecule has 0 saturated carbocycles. The summed E-state index contributed by atoms with van der Waals surface area (Å²) in [6.45, 7) is 0. The van der Waals surface area contributed by atoms with Crippen LogP contribution in [0.15, 0.2) is 30.3 Å². The average Bonchev–Trinajstić information content (AvgIpc) is 2.87. The predicted octanol–water partition coefficient (Wildman–Crippen LogP) is 3.60. The minimum atomic E-state index is 0.365. The number of anilines is 2. The molecule has 0 atom stereocenters. The lowest BCUT2D eigenvalue weighted by Gasteiger charge is -2.12. The molecule has 0 unspecified atom stereocenters. The number of nitrogens with one attached hydrogen (secondary N) is 1. The molecule has 0 radical (unpaired) electrons. The number of hydrogen-bond acceptors (Lipinski definition) is 3. The molecule has 0 bridgehead atoms. The molecule has 1 heterocycles. The van der Waals surface area contributed by atoms with Gasteiger partial charge in [0.1, 0.15) is 10.8 Å². The second-order valence-corrected chi connectivity index (χ2v) is 5.72. The number of aromatic nitrogens is 1. The Morgan fingerprint density at radius 2 is 2.00 bits per heavy atom. The first-order chi connectivity index (χ1) is 9.63. The lowest BCUT2D eigenvalue weighted by molar-refractivity contribution is 0.900. The topological polar surface area (TPSA) is 50.9 Å². The van der Waals surface area contributed by atoms with E-state index in [4.69, 9.17) is 29.6 Å². The number of benzene rings is 1. The summed E-state index contributed by atoms with van der Waals surface area (Å²) in [6, 6.07) is 9.53. The molecule has 20 heavy (non-hydrogen) atoms. The highest BCUT2D eigenvalue weighted by atomic mass is 35.5. The van der Waals surface area contributed by atoms with Crippen LogP contribution < -0.4 is 11.1 Å². The van der Waals surface area contributed by atoms with Gasteiger partial charge in [-0.3, -0.25) is 0 Å². The first kappa shape index (κ1) is 13.3. The fourth-order valence-corrected chi connectivity index (χ4v) is 2.71. The summed E-state index contributed by atoms with van der Waals surface area (Å²) in [7, 11) is 0. The van der Waals surface area contributed by atoms with Crippen molar-refractivity contribution in [2.75, 3.05) is 5.32 Å². The van der Waals surface area contributed by atoms with Crippen LogP contribution in [0.5, 0.6) is 0 Å². The molecule has 0 aliphatic heterocycles. The van der Waals surface area contributed by atoms with Gasteiger partial charge in [0.15, 0.2) is 0 Å². The third-order valence-corrected chi connectivity index (χ3v) is 3.90. The number of pyridine rings is 1. The SMILES string of the molecule is NC(=S)c1cc2c(nc1Nc1ccc(Cl)cc1)CCC2. The van der Waals surface area contributed by atoms with Crippen LogP contribution in [-0.2, 0) is 12.8 Å². The first-order valence-electron chi connectivity index (χ1n) is 6.48. The van der Waals surface area contributed by atoms with E-state index >= 15 is 0 Å². The van der Waals surface area contributed by atoms with E-state index < -0.39 is 0 Å². The number of halogens is 1. The molecule has 3 rings (SSSR count). The molecule has 1 aliphatic rings. The lowest BCUT2D eigenvalue weighted by atomic mass is 10.1. The third-order valence-electron chi connectivity index (χ3n) is 3.42. The van der Waals surface area contributed by atoms with Gasteiger partial charge in [0, 0.05) is 16.4 Å². The number of nitrogens with zero attached hydrogens (tertiary/aromatic N) is 1. The summed E-state index contributed by atoms with van der Waals surface area (Å²) in [5.41, 5.74) is 9.93. The highest BCUT2D eigenvalue weighted by Crippen LogP contribution is 2.27. The molecule has 1 aromatic carbocycles. The van der Waals surface area contributed by atoms with Gasteiger partial charge in [-0.1, -0.05) is 23.8 Å². The number of aryl methyl sites for hydroxylation is 2. The zero-order valence-corrected chi connectivity index (χ0v) is 12.4. The monoisotopic (exact) mass is 303 g/mol. The van der Waals surface area contributed by atoms with Gasteiger partial charge in [0.25, 0.3) is 0 Å². The van der Waals surface area contributed by atoms with Crippen molar-refractivity contribution in [3.05, 3.63) is 52.2 Å². The molecule has 1 aliphatic carbocycles.